The number of ketones is 1. The lowest BCUT2D eigenvalue weighted by molar-refractivity contribution is 0.0541. The van der Waals surface area contributed by atoms with E-state index in [1.807, 2.05) is 36.5 Å². The topological polar surface area (TPSA) is 44.1 Å². The standard InChI is InChI=1S/C15H16N2O2/c18-15(12-7-10-19-11-8-12)14-6-9-17(16-14)13-4-2-1-3-5-13/h1-6,9,12H,7-8,10-11H2. The van der Waals surface area contributed by atoms with Gasteiger partial charge in [0.05, 0.1) is 5.69 Å². The number of aromatic nitrogens is 2. The van der Waals surface area contributed by atoms with Gasteiger partial charge in [0.15, 0.2) is 5.78 Å². The molecule has 3 rings (SSSR count). The Balaban J connectivity index is 1.79. The van der Waals surface area contributed by atoms with E-state index in [0.29, 0.717) is 18.9 Å². The van der Waals surface area contributed by atoms with Gasteiger partial charge in [-0.15, -0.1) is 0 Å². The molecule has 4 heteroatoms. The molecule has 0 unspecified atom stereocenters. The lowest BCUT2D eigenvalue weighted by atomic mass is 9.94. The molecule has 4 nitrogen and oxygen atoms in total. The summed E-state index contributed by atoms with van der Waals surface area (Å²) >= 11 is 0. The summed E-state index contributed by atoms with van der Waals surface area (Å²) in [6.45, 7) is 1.35. The zero-order valence-electron chi connectivity index (χ0n) is 10.7. The minimum Gasteiger partial charge on any atom is -0.381 e. The third kappa shape index (κ3) is 2.58. The second-order valence-corrected chi connectivity index (χ2v) is 4.73. The van der Waals surface area contributed by atoms with Crippen LogP contribution in [0.2, 0.25) is 0 Å². The molecule has 0 spiro atoms. The minimum absolute atomic E-state index is 0.0628. The highest BCUT2D eigenvalue weighted by atomic mass is 16.5. The van der Waals surface area contributed by atoms with Crippen molar-refractivity contribution >= 4 is 5.78 Å². The summed E-state index contributed by atoms with van der Waals surface area (Å²) in [5.74, 6) is 0.200. The second-order valence-electron chi connectivity index (χ2n) is 4.73. The van der Waals surface area contributed by atoms with Crippen molar-refractivity contribution in [1.82, 2.24) is 9.78 Å². The van der Waals surface area contributed by atoms with Gasteiger partial charge in [-0.1, -0.05) is 18.2 Å². The Morgan fingerprint density at radius 3 is 2.63 bits per heavy atom. The summed E-state index contributed by atoms with van der Waals surface area (Å²) in [5.41, 5.74) is 1.52. The average molecular weight is 256 g/mol. The first-order valence-electron chi connectivity index (χ1n) is 6.57. The molecular weight excluding hydrogens is 240 g/mol. The highest BCUT2D eigenvalue weighted by Crippen LogP contribution is 2.19. The molecule has 1 saturated heterocycles. The van der Waals surface area contributed by atoms with Gasteiger partial charge in [-0.2, -0.15) is 5.10 Å². The quantitative estimate of drug-likeness (QED) is 0.792. The zero-order chi connectivity index (χ0) is 13.1. The van der Waals surface area contributed by atoms with Gasteiger partial charge in [-0.3, -0.25) is 4.79 Å². The van der Waals surface area contributed by atoms with E-state index in [1.165, 1.54) is 0 Å². The molecule has 2 aromatic rings. The Morgan fingerprint density at radius 1 is 1.16 bits per heavy atom. The number of carbonyl (C=O) groups is 1. The van der Waals surface area contributed by atoms with Gasteiger partial charge in [-0.05, 0) is 31.0 Å². The predicted molar refractivity (Wildman–Crippen MR) is 71.4 cm³/mol. The lowest BCUT2D eigenvalue weighted by Crippen LogP contribution is -2.24. The van der Waals surface area contributed by atoms with Gasteiger partial charge in [0.25, 0.3) is 0 Å². The van der Waals surface area contributed by atoms with Crippen molar-refractivity contribution in [3.05, 3.63) is 48.3 Å². The fourth-order valence-electron chi connectivity index (χ4n) is 2.35. The molecule has 0 saturated carbocycles. The highest BCUT2D eigenvalue weighted by Gasteiger charge is 2.24. The fraction of sp³-hybridized carbons (Fsp3) is 0.333. The van der Waals surface area contributed by atoms with Crippen molar-refractivity contribution < 1.29 is 9.53 Å². The molecule has 0 radical (unpaired) electrons. The summed E-state index contributed by atoms with van der Waals surface area (Å²) in [6.07, 6.45) is 3.44. The van der Waals surface area contributed by atoms with Gasteiger partial charge < -0.3 is 4.74 Å². The van der Waals surface area contributed by atoms with Crippen molar-refractivity contribution in [1.29, 1.82) is 0 Å². The molecule has 1 aliphatic heterocycles. The molecule has 0 bridgehead atoms. The molecule has 98 valence electrons. The number of nitrogens with zero attached hydrogens (tertiary/aromatic N) is 2. The molecule has 2 heterocycles. The van der Waals surface area contributed by atoms with Crippen LogP contribution in [0.1, 0.15) is 23.3 Å². The van der Waals surface area contributed by atoms with E-state index < -0.39 is 0 Å². The highest BCUT2D eigenvalue weighted by molar-refractivity contribution is 5.96. The van der Waals surface area contributed by atoms with E-state index in [-0.39, 0.29) is 11.7 Å². The van der Waals surface area contributed by atoms with Crippen LogP contribution in [0.3, 0.4) is 0 Å². The number of hydrogen-bond donors (Lipinski definition) is 0. The Kier molecular flexibility index (Phi) is 3.42. The molecule has 1 fully saturated rings. The maximum Gasteiger partial charge on any atom is 0.186 e. The van der Waals surface area contributed by atoms with Crippen LogP contribution in [-0.4, -0.2) is 28.8 Å². The third-order valence-corrected chi connectivity index (χ3v) is 3.45. The average Bonchev–Trinajstić information content (AvgIpc) is 2.98. The fourth-order valence-corrected chi connectivity index (χ4v) is 2.35. The van der Waals surface area contributed by atoms with E-state index in [1.54, 1.807) is 10.7 Å². The largest absolute Gasteiger partial charge is 0.381 e. The van der Waals surface area contributed by atoms with Crippen LogP contribution in [0.15, 0.2) is 42.6 Å². The molecule has 0 N–H and O–H groups in total. The molecule has 19 heavy (non-hydrogen) atoms. The molecular formula is C15H16N2O2. The van der Waals surface area contributed by atoms with Crippen molar-refractivity contribution in [3.63, 3.8) is 0 Å². The first-order valence-corrected chi connectivity index (χ1v) is 6.57. The van der Waals surface area contributed by atoms with Crippen molar-refractivity contribution in [2.24, 2.45) is 5.92 Å². The molecule has 1 aromatic carbocycles. The molecule has 1 aromatic heterocycles. The summed E-state index contributed by atoms with van der Waals surface area (Å²) in [6, 6.07) is 11.6. The Hall–Kier alpha value is -1.94. The van der Waals surface area contributed by atoms with Gasteiger partial charge in [-0.25, -0.2) is 4.68 Å². The summed E-state index contributed by atoms with van der Waals surface area (Å²) in [5, 5.41) is 4.38. The van der Waals surface area contributed by atoms with Gasteiger partial charge >= 0.3 is 0 Å². The number of Topliss-reactive ketones (excluding diaryl/α,β-unsaturated/α-hetero) is 1. The van der Waals surface area contributed by atoms with Crippen LogP contribution >= 0.6 is 0 Å². The zero-order valence-corrected chi connectivity index (χ0v) is 10.7. The number of benzene rings is 1. The normalized spacial score (nSPS) is 16.4. The van der Waals surface area contributed by atoms with Crippen LogP contribution in [0.5, 0.6) is 0 Å². The SMILES string of the molecule is O=C(c1ccn(-c2ccccc2)n1)C1CCOCC1. The van der Waals surface area contributed by atoms with E-state index in [4.69, 9.17) is 4.74 Å². The molecule has 0 aliphatic carbocycles. The first kappa shape index (κ1) is 12.1. The maximum absolute atomic E-state index is 12.3. The van der Waals surface area contributed by atoms with E-state index in [9.17, 15) is 4.79 Å². The summed E-state index contributed by atoms with van der Waals surface area (Å²) in [4.78, 5) is 12.3. The number of ether oxygens (including phenoxy) is 1. The van der Waals surface area contributed by atoms with Gasteiger partial charge in [0.1, 0.15) is 5.69 Å². The summed E-state index contributed by atoms with van der Waals surface area (Å²) < 4.78 is 7.03. The van der Waals surface area contributed by atoms with Crippen LogP contribution in [0.4, 0.5) is 0 Å². The Morgan fingerprint density at radius 2 is 1.89 bits per heavy atom. The Labute approximate surface area is 112 Å². The van der Waals surface area contributed by atoms with E-state index >= 15 is 0 Å². The van der Waals surface area contributed by atoms with Crippen LogP contribution in [0.25, 0.3) is 5.69 Å². The molecule has 0 atom stereocenters. The van der Waals surface area contributed by atoms with Crippen LogP contribution < -0.4 is 0 Å². The van der Waals surface area contributed by atoms with Crippen LogP contribution in [-0.2, 0) is 4.74 Å². The molecule has 1 aliphatic rings. The van der Waals surface area contributed by atoms with Gasteiger partial charge in [0, 0.05) is 25.3 Å². The maximum atomic E-state index is 12.3. The van der Waals surface area contributed by atoms with Crippen LogP contribution in [0, 0.1) is 5.92 Å². The minimum atomic E-state index is 0.0628. The molecule has 0 amide bonds. The number of hydrogen-bond acceptors (Lipinski definition) is 3. The van der Waals surface area contributed by atoms with E-state index in [2.05, 4.69) is 5.10 Å². The number of carbonyl (C=O) groups excluding carboxylic acids is 1. The predicted octanol–water partition coefficient (Wildman–Crippen LogP) is 2.48. The van der Waals surface area contributed by atoms with Crippen molar-refractivity contribution in [2.75, 3.05) is 13.2 Å². The van der Waals surface area contributed by atoms with E-state index in [0.717, 1.165) is 18.5 Å². The number of rotatable bonds is 3. The first-order chi connectivity index (χ1) is 9.34. The Bertz CT molecular complexity index is 557. The van der Waals surface area contributed by atoms with Gasteiger partial charge in [0.2, 0.25) is 0 Å². The third-order valence-electron chi connectivity index (χ3n) is 3.45. The smallest absolute Gasteiger partial charge is 0.186 e. The second kappa shape index (κ2) is 5.36. The summed E-state index contributed by atoms with van der Waals surface area (Å²) in [7, 11) is 0. The van der Waals surface area contributed by atoms with Crippen molar-refractivity contribution in [2.45, 2.75) is 12.8 Å². The van der Waals surface area contributed by atoms with Crippen molar-refractivity contribution in [3.8, 4) is 5.69 Å². The lowest BCUT2D eigenvalue weighted by Gasteiger charge is -2.19. The number of para-hydroxylation sites is 1. The monoisotopic (exact) mass is 256 g/mol.